The summed E-state index contributed by atoms with van der Waals surface area (Å²) in [6.07, 6.45) is 11.8. The summed E-state index contributed by atoms with van der Waals surface area (Å²) in [5.74, 6) is 0.663. The van der Waals surface area contributed by atoms with Crippen LogP contribution in [0.15, 0.2) is 48.7 Å². The van der Waals surface area contributed by atoms with Gasteiger partial charge in [-0.25, -0.2) is 9.78 Å². The molecule has 0 saturated carbocycles. The fourth-order valence-corrected chi connectivity index (χ4v) is 2.63. The zero-order valence-corrected chi connectivity index (χ0v) is 15.4. The molecule has 0 aliphatic carbocycles. The Balaban J connectivity index is 2.25. The van der Waals surface area contributed by atoms with Gasteiger partial charge in [-0.3, -0.25) is 0 Å². The molecule has 0 radical (unpaired) electrons. The van der Waals surface area contributed by atoms with Crippen LogP contribution in [0.3, 0.4) is 0 Å². The van der Waals surface area contributed by atoms with Crippen molar-refractivity contribution in [1.29, 1.82) is 0 Å². The molecule has 2 aromatic rings. The van der Waals surface area contributed by atoms with E-state index in [1.165, 1.54) is 13.2 Å². The lowest BCUT2D eigenvalue weighted by Crippen LogP contribution is -2.07. The van der Waals surface area contributed by atoms with Gasteiger partial charge in [0.1, 0.15) is 5.82 Å². The predicted octanol–water partition coefficient (Wildman–Crippen LogP) is 4.67. The van der Waals surface area contributed by atoms with Crippen molar-refractivity contribution in [2.24, 2.45) is 0 Å². The summed E-state index contributed by atoms with van der Waals surface area (Å²) < 4.78 is 6.74. The number of methoxy groups -OCH3 is 1. The minimum atomic E-state index is -0.377. The standard InChI is InChI=1S/C20H23ClN2O2/c1-3-4-12-19-22-14-17(10-6-8-13-20(24)25-2)23(19)15-16-9-5-7-11-18(16)21/h5-11,13-14H,3-4,12,15H2,1-2H3/b10-6+,13-8+. The number of benzene rings is 1. The van der Waals surface area contributed by atoms with Crippen molar-refractivity contribution in [3.05, 3.63) is 70.8 Å². The number of ether oxygens (including phenoxy) is 1. The quantitative estimate of drug-likeness (QED) is 0.391. The number of halogens is 1. The molecule has 0 bridgehead atoms. The first-order chi connectivity index (χ1) is 12.2. The van der Waals surface area contributed by atoms with Gasteiger partial charge >= 0.3 is 5.97 Å². The van der Waals surface area contributed by atoms with E-state index in [0.29, 0.717) is 6.54 Å². The number of hydrogen-bond donors (Lipinski definition) is 0. The third-order valence-electron chi connectivity index (χ3n) is 3.82. The van der Waals surface area contributed by atoms with Crippen LogP contribution < -0.4 is 0 Å². The van der Waals surface area contributed by atoms with Crippen molar-refractivity contribution < 1.29 is 9.53 Å². The summed E-state index contributed by atoms with van der Waals surface area (Å²) in [5, 5.41) is 0.748. The third kappa shape index (κ3) is 5.61. The van der Waals surface area contributed by atoms with E-state index < -0.39 is 0 Å². The van der Waals surface area contributed by atoms with Crippen molar-refractivity contribution in [1.82, 2.24) is 9.55 Å². The topological polar surface area (TPSA) is 44.1 Å². The van der Waals surface area contributed by atoms with Crippen molar-refractivity contribution in [3.8, 4) is 0 Å². The highest BCUT2D eigenvalue weighted by Crippen LogP contribution is 2.19. The summed E-state index contributed by atoms with van der Waals surface area (Å²) in [6.45, 7) is 2.83. The number of carbonyl (C=O) groups excluding carboxylic acids is 1. The van der Waals surface area contributed by atoms with Crippen LogP contribution in [-0.2, 0) is 22.5 Å². The predicted molar refractivity (Wildman–Crippen MR) is 102 cm³/mol. The van der Waals surface area contributed by atoms with Crippen LogP contribution in [0.4, 0.5) is 0 Å². The molecule has 1 aromatic heterocycles. The Hall–Kier alpha value is -2.33. The van der Waals surface area contributed by atoms with Gasteiger partial charge in [-0.1, -0.05) is 55.3 Å². The van der Waals surface area contributed by atoms with Crippen molar-refractivity contribution in [3.63, 3.8) is 0 Å². The van der Waals surface area contributed by atoms with E-state index >= 15 is 0 Å². The van der Waals surface area contributed by atoms with E-state index in [2.05, 4.69) is 21.2 Å². The number of aromatic nitrogens is 2. The molecule has 0 aliphatic rings. The molecule has 0 aliphatic heterocycles. The number of nitrogens with zero attached hydrogens (tertiary/aromatic N) is 2. The van der Waals surface area contributed by atoms with Crippen LogP contribution >= 0.6 is 11.6 Å². The second-order valence-electron chi connectivity index (χ2n) is 5.62. The second kappa shape index (κ2) is 9.84. The minimum Gasteiger partial charge on any atom is -0.466 e. The molecule has 2 rings (SSSR count). The van der Waals surface area contributed by atoms with Gasteiger partial charge in [0.15, 0.2) is 0 Å². The van der Waals surface area contributed by atoms with Gasteiger partial charge in [0, 0.05) is 17.5 Å². The molecule has 1 aromatic carbocycles. The molecule has 4 nitrogen and oxygen atoms in total. The van der Waals surface area contributed by atoms with Gasteiger partial charge in [-0.05, 0) is 24.1 Å². The third-order valence-corrected chi connectivity index (χ3v) is 4.19. The summed E-state index contributed by atoms with van der Waals surface area (Å²) in [6, 6.07) is 7.83. The molecule has 0 N–H and O–H groups in total. The Bertz CT molecular complexity index is 763. The van der Waals surface area contributed by atoms with Gasteiger partial charge in [-0.2, -0.15) is 0 Å². The van der Waals surface area contributed by atoms with Crippen molar-refractivity contribution >= 4 is 23.6 Å². The molecule has 0 atom stereocenters. The highest BCUT2D eigenvalue weighted by molar-refractivity contribution is 6.31. The zero-order valence-electron chi connectivity index (χ0n) is 14.6. The Morgan fingerprint density at radius 3 is 2.84 bits per heavy atom. The molecular formula is C20H23ClN2O2. The number of aryl methyl sites for hydroxylation is 1. The smallest absolute Gasteiger partial charge is 0.330 e. The van der Waals surface area contributed by atoms with Crippen molar-refractivity contribution in [2.75, 3.05) is 7.11 Å². The minimum absolute atomic E-state index is 0.377. The van der Waals surface area contributed by atoms with Crippen LogP contribution in [-0.4, -0.2) is 22.6 Å². The fraction of sp³-hybridized carbons (Fsp3) is 0.300. The monoisotopic (exact) mass is 358 g/mol. The average molecular weight is 359 g/mol. The normalized spacial score (nSPS) is 11.5. The Labute approximate surface area is 153 Å². The highest BCUT2D eigenvalue weighted by atomic mass is 35.5. The van der Waals surface area contributed by atoms with E-state index in [0.717, 1.165) is 41.4 Å². The summed E-state index contributed by atoms with van der Waals surface area (Å²) >= 11 is 6.31. The molecule has 5 heteroatoms. The number of imidazole rings is 1. The Morgan fingerprint density at radius 2 is 2.12 bits per heavy atom. The Kier molecular flexibility index (Phi) is 7.48. The van der Waals surface area contributed by atoms with Gasteiger partial charge in [-0.15, -0.1) is 0 Å². The number of carbonyl (C=O) groups is 1. The SMILES string of the molecule is CCCCc1ncc(/C=C/C=C/C(=O)OC)n1Cc1ccccc1Cl. The van der Waals surface area contributed by atoms with Crippen LogP contribution in [0.1, 0.15) is 36.8 Å². The van der Waals surface area contributed by atoms with Crippen LogP contribution in [0, 0.1) is 0 Å². The number of rotatable bonds is 8. The molecule has 1 heterocycles. The number of hydrogen-bond acceptors (Lipinski definition) is 3. The van der Waals surface area contributed by atoms with Gasteiger partial charge < -0.3 is 9.30 Å². The first-order valence-corrected chi connectivity index (χ1v) is 8.74. The molecule has 25 heavy (non-hydrogen) atoms. The summed E-state index contributed by atoms with van der Waals surface area (Å²) in [7, 11) is 1.36. The van der Waals surface area contributed by atoms with Crippen LogP contribution in [0.5, 0.6) is 0 Å². The molecule has 0 unspecified atom stereocenters. The maximum atomic E-state index is 11.1. The van der Waals surface area contributed by atoms with Gasteiger partial charge in [0.2, 0.25) is 0 Å². The number of esters is 1. The van der Waals surface area contributed by atoms with E-state index in [9.17, 15) is 4.79 Å². The van der Waals surface area contributed by atoms with Crippen LogP contribution in [0.2, 0.25) is 5.02 Å². The molecule has 0 saturated heterocycles. The first-order valence-electron chi connectivity index (χ1n) is 8.36. The largest absolute Gasteiger partial charge is 0.466 e. The lowest BCUT2D eigenvalue weighted by atomic mass is 10.2. The maximum Gasteiger partial charge on any atom is 0.330 e. The molecule has 132 valence electrons. The Morgan fingerprint density at radius 1 is 1.32 bits per heavy atom. The molecular weight excluding hydrogens is 336 g/mol. The van der Waals surface area contributed by atoms with Crippen molar-refractivity contribution in [2.45, 2.75) is 32.7 Å². The average Bonchev–Trinajstić information content (AvgIpc) is 3.00. The van der Waals surface area contributed by atoms with E-state index in [1.807, 2.05) is 36.5 Å². The van der Waals surface area contributed by atoms with Crippen LogP contribution in [0.25, 0.3) is 6.08 Å². The molecule has 0 fully saturated rings. The van der Waals surface area contributed by atoms with E-state index in [1.54, 1.807) is 12.2 Å². The maximum absolute atomic E-state index is 11.1. The lowest BCUT2D eigenvalue weighted by Gasteiger charge is -2.11. The number of unbranched alkanes of at least 4 members (excludes halogenated alkanes) is 1. The summed E-state index contributed by atoms with van der Waals surface area (Å²) in [4.78, 5) is 15.7. The van der Waals surface area contributed by atoms with E-state index in [-0.39, 0.29) is 5.97 Å². The van der Waals surface area contributed by atoms with Gasteiger partial charge in [0.25, 0.3) is 0 Å². The fourth-order valence-electron chi connectivity index (χ4n) is 2.43. The molecule has 0 amide bonds. The highest BCUT2D eigenvalue weighted by Gasteiger charge is 2.10. The zero-order chi connectivity index (χ0) is 18.1. The first kappa shape index (κ1) is 19.0. The second-order valence-corrected chi connectivity index (χ2v) is 6.03. The number of allylic oxidation sites excluding steroid dienone is 2. The molecule has 0 spiro atoms. The summed E-state index contributed by atoms with van der Waals surface area (Å²) in [5.41, 5.74) is 2.03. The van der Waals surface area contributed by atoms with Gasteiger partial charge in [0.05, 0.1) is 25.5 Å². The lowest BCUT2D eigenvalue weighted by molar-refractivity contribution is -0.134. The van der Waals surface area contributed by atoms with E-state index in [4.69, 9.17) is 11.6 Å².